The molecule has 3 heterocycles. The Morgan fingerprint density at radius 1 is 0.583 bits per heavy atom. The van der Waals surface area contributed by atoms with Crippen molar-refractivity contribution in [2.24, 2.45) is 0 Å². The number of nitrogens with zero attached hydrogens (tertiary/aromatic N) is 2. The molecule has 5 fully saturated rings. The zero-order valence-electron chi connectivity index (χ0n) is 63.1. The Labute approximate surface area is 863 Å². The molecular weight excluding hydrogens is 2480 g/mol. The molecule has 7 N–H and O–H groups in total. The topological polar surface area (TPSA) is 381 Å². The summed E-state index contributed by atoms with van der Waals surface area (Å²) in [7, 11) is -12.8. The Hall–Kier alpha value is -0.206. The minimum atomic E-state index is -3.81. The van der Waals surface area contributed by atoms with Crippen molar-refractivity contribution < 1.29 is 259 Å². The second kappa shape index (κ2) is 50.2. The molecule has 0 atom stereocenters. The average molecular weight is 2550 g/mol. The minimum absolute atomic E-state index is 0. The van der Waals surface area contributed by atoms with E-state index in [4.69, 9.17) is 62.8 Å². The molecule has 0 bridgehead atoms. The number of aryl methyl sites for hydroxylation is 1. The first-order valence-corrected chi connectivity index (χ1v) is 45.2. The second-order valence-electron chi connectivity index (χ2n) is 25.9. The number of carboxylic acid groups (broad SMARTS) is 1. The third-order valence-electron chi connectivity index (χ3n) is 15.9. The number of pyridine rings is 2. The van der Waals surface area contributed by atoms with Gasteiger partial charge in [0.05, 0.1) is 68.4 Å². The van der Waals surface area contributed by atoms with Gasteiger partial charge in [0, 0.05) is 52.0 Å². The number of carboxylic acids is 1. The van der Waals surface area contributed by atoms with Gasteiger partial charge < -0.3 is 41.1 Å². The molecule has 3 amide bonds. The third-order valence-corrected chi connectivity index (χ3v) is 25.6. The van der Waals surface area contributed by atoms with Crippen LogP contribution in [0.3, 0.4) is 0 Å². The summed E-state index contributed by atoms with van der Waals surface area (Å²) in [6, 6.07) is 16.0. The fraction of sp³-hybridized carbons (Fsp3) is 0.338. The molecule has 1 aliphatic heterocycles. The predicted molar refractivity (Wildman–Crippen MR) is 448 cm³/mol. The van der Waals surface area contributed by atoms with Crippen molar-refractivity contribution in [2.75, 3.05) is 18.8 Å². The summed E-state index contributed by atoms with van der Waals surface area (Å²) in [6.45, 7) is 9.37. The van der Waals surface area contributed by atoms with Gasteiger partial charge in [-0.25, -0.2) is 76.1 Å². The van der Waals surface area contributed by atoms with Crippen molar-refractivity contribution in [3.8, 4) is 11.1 Å². The Morgan fingerprint density at radius 2 is 0.930 bits per heavy atom. The van der Waals surface area contributed by atoms with Crippen LogP contribution in [0.5, 0.6) is 0 Å². The molecule has 4 aliphatic carbocycles. The van der Waals surface area contributed by atoms with E-state index in [1.807, 2.05) is 72.9 Å². The van der Waals surface area contributed by atoms with Crippen molar-refractivity contribution in [1.82, 2.24) is 24.1 Å². The fourth-order valence-corrected chi connectivity index (χ4v) is 13.6. The van der Waals surface area contributed by atoms with E-state index in [1.165, 1.54) is 67.3 Å². The van der Waals surface area contributed by atoms with E-state index in [0.29, 0.717) is 54.2 Å². The summed E-state index contributed by atoms with van der Waals surface area (Å²) < 4.78 is 181. The molecule has 0 spiro atoms. The first-order valence-electron chi connectivity index (χ1n) is 32.4. The molecule has 0 unspecified atom stereocenters. The molecule has 115 heavy (non-hydrogen) atoms. The number of aliphatic hydroxyl groups excluding tert-OH is 1. The molecule has 5 aromatic carbocycles. The molecule has 24 nitrogen and oxygen atoms in total. The van der Waals surface area contributed by atoms with E-state index in [0.717, 1.165) is 102 Å². The van der Waals surface area contributed by atoms with E-state index < -0.39 is 114 Å². The number of aliphatic hydroxyl groups is 1. The molecule has 5 aliphatic rings. The van der Waals surface area contributed by atoms with Crippen molar-refractivity contribution in [1.29, 1.82) is 0 Å². The van der Waals surface area contributed by atoms with Gasteiger partial charge in [-0.1, -0.05) is 52.0 Å². The summed E-state index contributed by atoms with van der Waals surface area (Å²) in [5.74, 6) is -8.38. The second-order valence-corrected chi connectivity index (χ2v) is 38.9. The summed E-state index contributed by atoms with van der Waals surface area (Å²) in [4.78, 5) is 63.8. The first-order chi connectivity index (χ1) is 52.1. The number of amides is 3. The number of halogens is 16. The van der Waals surface area contributed by atoms with E-state index in [9.17, 15) is 75.2 Å². The fourth-order valence-electron chi connectivity index (χ4n) is 8.76. The third kappa shape index (κ3) is 38.7. The average Bonchev–Trinajstić information content (AvgIpc) is 1.57. The molecule has 0 radical (unpaired) electrons. The number of sulfonamides is 3. The maximum Gasteiger partial charge on any atom is 1.00 e. The molecular formula is C68H69B2Br4Cl2Cs2F7I3N5O19S3. The van der Waals surface area contributed by atoms with Gasteiger partial charge in [0.1, 0.15) is 29.1 Å². The van der Waals surface area contributed by atoms with Crippen molar-refractivity contribution in [3.63, 3.8) is 0 Å². The first kappa shape index (κ1) is 111. The summed E-state index contributed by atoms with van der Waals surface area (Å²) in [6.07, 6.45) is 14.2. The molecule has 1 saturated heterocycles. The van der Waals surface area contributed by atoms with Crippen LogP contribution >= 0.6 is 155 Å². The number of hydrogen-bond donors (Lipinski definition) is 7. The number of nitrogens with one attached hydrogen (secondary N) is 3. The van der Waals surface area contributed by atoms with E-state index in [-0.39, 0.29) is 202 Å². The van der Waals surface area contributed by atoms with Crippen LogP contribution in [0, 0.1) is 58.6 Å². The summed E-state index contributed by atoms with van der Waals surface area (Å²) in [5.41, 5.74) is 1.61. The van der Waals surface area contributed by atoms with E-state index in [1.54, 1.807) is 27.2 Å². The van der Waals surface area contributed by atoms with Gasteiger partial charge in [-0.2, -0.15) is 8.78 Å². The van der Waals surface area contributed by atoms with Crippen molar-refractivity contribution in [2.45, 2.75) is 127 Å². The summed E-state index contributed by atoms with van der Waals surface area (Å²) >= 11 is 30.1. The quantitative estimate of drug-likeness (QED) is 0.00830. The number of carbonyl (C=O) groups excluding carboxylic acids is 4. The summed E-state index contributed by atoms with van der Waals surface area (Å²) in [5, 5.41) is 41.7. The van der Waals surface area contributed by atoms with Gasteiger partial charge in [-0.05, 0) is 308 Å². The number of carbonyl (C=O) groups is 5. The normalized spacial score (nSPS) is 14.7. The van der Waals surface area contributed by atoms with Crippen LogP contribution in [0.15, 0.2) is 103 Å². The van der Waals surface area contributed by atoms with Gasteiger partial charge in [-0.3, -0.25) is 19.2 Å². The number of rotatable bonds is 13. The zero-order chi connectivity index (χ0) is 85.9. The minimum Gasteiger partial charge on any atom is -1.00 e. The number of hydrogen-bond acceptors (Lipinski definition) is 20. The van der Waals surface area contributed by atoms with Crippen LogP contribution in [0.25, 0.3) is 11.1 Å². The van der Waals surface area contributed by atoms with E-state index in [2.05, 4.69) is 101 Å². The molecule has 12 rings (SSSR count). The molecule has 7 aromatic rings. The van der Waals surface area contributed by atoms with Gasteiger partial charge in [0.25, 0.3) is 24.2 Å². The van der Waals surface area contributed by atoms with Crippen LogP contribution in [0.4, 0.5) is 30.7 Å². The zero-order valence-corrected chi connectivity index (χ0v) is 91.4. The van der Waals surface area contributed by atoms with Crippen LogP contribution in [-0.4, -0.2) is 136 Å². The SMILES string of the molecule is CC1(C)OB(c2cnc(F)c(Cl)c2)OC1(C)C.CS(=O)(=O)NC(=O)c1cc(C2CC2)c(-c2cnc(F)c(Cl)c2)cc1F.CS(=O)(=O)NC(=O)c1cc(C2CC2)c(Br)cc1F.CS(=O)(=O)NC(=O)c1cc(I)c(Br)cc1F.Cc1cc(I)c(Br)cc1F.O=C(O)c1cc(I)c(Br)cc1F.O=CO[O-].OB(O)C1CC1.OC1CCC1.[Cs+].[Cs+].[H-]. The number of aromatic carboxylic acids is 1. The van der Waals surface area contributed by atoms with Crippen LogP contribution in [0.1, 0.15) is 157 Å². The van der Waals surface area contributed by atoms with Crippen LogP contribution < -0.4 is 163 Å². The molecule has 47 heteroatoms. The Bertz CT molecular complexity index is 4960. The van der Waals surface area contributed by atoms with Crippen molar-refractivity contribution in [3.05, 3.63) is 204 Å². The van der Waals surface area contributed by atoms with Crippen molar-refractivity contribution >= 4 is 235 Å². The Balaban J connectivity index is 0.000000678. The largest absolute Gasteiger partial charge is 1.00 e. The smallest absolute Gasteiger partial charge is 1.00 e. The Kier molecular flexibility index (Phi) is 48.4. The Morgan fingerprint density at radius 3 is 1.27 bits per heavy atom. The van der Waals surface area contributed by atoms with Gasteiger partial charge in [0.2, 0.25) is 42.0 Å². The number of benzene rings is 5. The van der Waals surface area contributed by atoms with Crippen LogP contribution in [-0.2, 0) is 49.1 Å². The van der Waals surface area contributed by atoms with Gasteiger partial charge in [0.15, 0.2) is 0 Å². The number of aromatic nitrogens is 2. The maximum atomic E-state index is 14.4. The van der Waals surface area contributed by atoms with E-state index >= 15 is 0 Å². The molecule has 4 saturated carbocycles. The maximum absolute atomic E-state index is 14.4. The molecule has 2 aromatic heterocycles. The van der Waals surface area contributed by atoms with Gasteiger partial charge in [-0.15, -0.1) is 0 Å². The predicted octanol–water partition coefficient (Wildman–Crippen LogP) is 8.56. The monoisotopic (exact) mass is 2540 g/mol. The standard InChI is InChI=1S/C16H13ClF2N2O3S.C11H14BClFNO2.C11H11BrFNO3S.C8H6BrFINO3S.C7H3BrFIO2.C7H5BrFI.C4H8O.C3H7BO2.CH2O3.2Cs.H/c1-25(23,24)21-16(22)12-5-10(8-2-3-8)11(6-14(12)18)9-4-13(17)15(19)20-7-9;1-10(2)11(3,4)17-12(16-10)7-5-8(13)9(14)15-6-7;1-18(16,17)14-11(15)8-4-7(6-2-3-6)9(12)5-10(8)13;1-16(14,15)12-8(13)4-2-7(11)5(9)3-6(4)10;8-4-2-5(9)3(7(11)12)1-6(4)10;1-4-2-7(10)5(8)3-6(4)9;5-4-2-1-3-4;5-4(6)3-1-2-3;2-1-4-3;;;/h4-8H,2-3H2,1H3,(H,21,22);5-6H,1-4H3;4-6H,2-3H2,1H3,(H,14,15);2-3H,1H3,(H,12,13);1-2H,(H,11,12);2-3H,1H3;4-5H,1-3H2;3,5-6H,1-2H2;1,3H;;;/q;;;;;;;;;2*+1;-1/p-1. The van der Waals surface area contributed by atoms with Gasteiger partial charge >= 0.3 is 158 Å². The van der Waals surface area contributed by atoms with Crippen LogP contribution in [0.2, 0.25) is 15.9 Å². The molecule has 618 valence electrons.